The lowest BCUT2D eigenvalue weighted by Gasteiger charge is -2.31. The van der Waals surface area contributed by atoms with E-state index >= 15 is 0 Å². The van der Waals surface area contributed by atoms with Crippen molar-refractivity contribution in [1.29, 1.82) is 0 Å². The van der Waals surface area contributed by atoms with E-state index in [0.29, 0.717) is 38.2 Å². The molecule has 0 bridgehead atoms. The molecule has 1 aliphatic heterocycles. The number of hydrogen-bond acceptors (Lipinski definition) is 2. The smallest absolute Gasteiger partial charge is 0.317 e. The first-order valence-electron chi connectivity index (χ1n) is 6.64. The Kier molecular flexibility index (Phi) is 4.89. The van der Waals surface area contributed by atoms with Crippen LogP contribution in [0.25, 0.3) is 0 Å². The van der Waals surface area contributed by atoms with Crippen LogP contribution in [0.2, 0.25) is 0 Å². The SMILES string of the molecule is CC1CN(C(=O)NCCc2ccc(F)cc2F)CCO1. The van der Waals surface area contributed by atoms with Gasteiger partial charge in [-0.3, -0.25) is 0 Å². The molecule has 1 fully saturated rings. The van der Waals surface area contributed by atoms with Crippen molar-refractivity contribution in [3.8, 4) is 0 Å². The van der Waals surface area contributed by atoms with Crippen LogP contribution in [0, 0.1) is 11.6 Å². The first-order chi connectivity index (χ1) is 9.56. The molecule has 20 heavy (non-hydrogen) atoms. The van der Waals surface area contributed by atoms with Crippen molar-refractivity contribution in [3.63, 3.8) is 0 Å². The fraction of sp³-hybridized carbons (Fsp3) is 0.500. The Morgan fingerprint density at radius 2 is 2.30 bits per heavy atom. The zero-order valence-electron chi connectivity index (χ0n) is 11.4. The predicted octanol–water partition coefficient (Wildman–Crippen LogP) is 1.94. The number of benzene rings is 1. The highest BCUT2D eigenvalue weighted by Gasteiger charge is 2.20. The van der Waals surface area contributed by atoms with E-state index in [1.165, 1.54) is 12.1 Å². The number of morpholine rings is 1. The Morgan fingerprint density at radius 3 is 3.00 bits per heavy atom. The first-order valence-corrected chi connectivity index (χ1v) is 6.64. The fourth-order valence-corrected chi connectivity index (χ4v) is 2.14. The molecule has 1 heterocycles. The number of nitrogens with zero attached hydrogens (tertiary/aromatic N) is 1. The molecule has 0 aliphatic carbocycles. The maximum absolute atomic E-state index is 13.4. The zero-order valence-corrected chi connectivity index (χ0v) is 11.4. The number of nitrogens with one attached hydrogen (secondary N) is 1. The number of halogens is 2. The molecular formula is C14H18F2N2O2. The van der Waals surface area contributed by atoms with Gasteiger partial charge in [0.1, 0.15) is 11.6 Å². The highest BCUT2D eigenvalue weighted by molar-refractivity contribution is 5.74. The Hall–Kier alpha value is -1.69. The van der Waals surface area contributed by atoms with Gasteiger partial charge in [0.25, 0.3) is 0 Å². The molecule has 2 rings (SSSR count). The maximum atomic E-state index is 13.4. The number of carbonyl (C=O) groups is 1. The van der Waals surface area contributed by atoms with Gasteiger partial charge in [-0.05, 0) is 25.0 Å². The molecule has 0 spiro atoms. The van der Waals surface area contributed by atoms with Gasteiger partial charge < -0.3 is 15.0 Å². The van der Waals surface area contributed by atoms with Gasteiger partial charge in [-0.1, -0.05) is 6.07 Å². The minimum Gasteiger partial charge on any atom is -0.375 e. The van der Waals surface area contributed by atoms with Gasteiger partial charge in [0.15, 0.2) is 0 Å². The Labute approximate surface area is 116 Å². The van der Waals surface area contributed by atoms with E-state index < -0.39 is 11.6 Å². The third kappa shape index (κ3) is 3.90. The van der Waals surface area contributed by atoms with Crippen LogP contribution in [0.4, 0.5) is 13.6 Å². The summed E-state index contributed by atoms with van der Waals surface area (Å²) in [4.78, 5) is 13.6. The summed E-state index contributed by atoms with van der Waals surface area (Å²) in [7, 11) is 0. The molecule has 1 aliphatic rings. The lowest BCUT2D eigenvalue weighted by atomic mass is 10.1. The molecule has 2 amide bonds. The van der Waals surface area contributed by atoms with Gasteiger partial charge in [-0.25, -0.2) is 13.6 Å². The van der Waals surface area contributed by atoms with Gasteiger partial charge in [0, 0.05) is 25.7 Å². The van der Waals surface area contributed by atoms with E-state index in [1.807, 2.05) is 6.92 Å². The van der Waals surface area contributed by atoms with Crippen LogP contribution in [-0.4, -0.2) is 43.3 Å². The number of amides is 2. The van der Waals surface area contributed by atoms with E-state index in [1.54, 1.807) is 4.90 Å². The average Bonchev–Trinajstić information content (AvgIpc) is 2.41. The van der Waals surface area contributed by atoms with Crippen molar-refractivity contribution in [3.05, 3.63) is 35.4 Å². The summed E-state index contributed by atoms with van der Waals surface area (Å²) >= 11 is 0. The Balaban J connectivity index is 1.79. The second-order valence-corrected chi connectivity index (χ2v) is 4.85. The molecule has 1 unspecified atom stereocenters. The molecule has 0 saturated carbocycles. The van der Waals surface area contributed by atoms with Crippen LogP contribution >= 0.6 is 0 Å². The van der Waals surface area contributed by atoms with E-state index in [0.717, 1.165) is 6.07 Å². The Bertz CT molecular complexity index is 482. The van der Waals surface area contributed by atoms with Crippen LogP contribution in [0.3, 0.4) is 0 Å². The summed E-state index contributed by atoms with van der Waals surface area (Å²) in [5.41, 5.74) is 0.391. The lowest BCUT2D eigenvalue weighted by Crippen LogP contribution is -2.49. The van der Waals surface area contributed by atoms with Crippen molar-refractivity contribution in [2.24, 2.45) is 0 Å². The summed E-state index contributed by atoms with van der Waals surface area (Å²) < 4.78 is 31.5. The number of urea groups is 1. The van der Waals surface area contributed by atoms with Gasteiger partial charge in [-0.2, -0.15) is 0 Å². The van der Waals surface area contributed by atoms with E-state index in [9.17, 15) is 13.6 Å². The van der Waals surface area contributed by atoms with Crippen molar-refractivity contribution < 1.29 is 18.3 Å². The van der Waals surface area contributed by atoms with E-state index in [2.05, 4.69) is 5.32 Å². The van der Waals surface area contributed by atoms with Crippen LogP contribution in [0.1, 0.15) is 12.5 Å². The summed E-state index contributed by atoms with van der Waals surface area (Å²) in [6.07, 6.45) is 0.363. The fourth-order valence-electron chi connectivity index (χ4n) is 2.14. The second kappa shape index (κ2) is 6.65. The number of ether oxygens (including phenoxy) is 1. The van der Waals surface area contributed by atoms with Gasteiger partial charge in [-0.15, -0.1) is 0 Å². The number of hydrogen-bond donors (Lipinski definition) is 1. The monoisotopic (exact) mass is 284 g/mol. The molecule has 0 radical (unpaired) electrons. The van der Waals surface area contributed by atoms with Crippen molar-refractivity contribution in [1.82, 2.24) is 10.2 Å². The van der Waals surface area contributed by atoms with Crippen molar-refractivity contribution in [2.45, 2.75) is 19.4 Å². The zero-order chi connectivity index (χ0) is 14.5. The molecule has 110 valence electrons. The summed E-state index contributed by atoms with van der Waals surface area (Å²) in [6, 6.07) is 3.28. The first kappa shape index (κ1) is 14.7. The normalized spacial score (nSPS) is 18.9. The second-order valence-electron chi connectivity index (χ2n) is 4.85. The van der Waals surface area contributed by atoms with Gasteiger partial charge >= 0.3 is 6.03 Å². The topological polar surface area (TPSA) is 41.6 Å². The third-order valence-electron chi connectivity index (χ3n) is 3.21. The molecule has 1 aromatic rings. The average molecular weight is 284 g/mol. The lowest BCUT2D eigenvalue weighted by molar-refractivity contribution is -0.00343. The molecule has 1 aromatic carbocycles. The minimum atomic E-state index is -0.599. The van der Waals surface area contributed by atoms with Gasteiger partial charge in [0.05, 0.1) is 12.7 Å². The highest BCUT2D eigenvalue weighted by Crippen LogP contribution is 2.10. The van der Waals surface area contributed by atoms with E-state index in [-0.39, 0.29) is 12.1 Å². The molecule has 1 saturated heterocycles. The minimum absolute atomic E-state index is 0.0315. The number of rotatable bonds is 3. The van der Waals surface area contributed by atoms with Crippen LogP contribution < -0.4 is 5.32 Å². The standard InChI is InChI=1S/C14H18F2N2O2/c1-10-9-18(6-7-20-10)14(19)17-5-4-11-2-3-12(15)8-13(11)16/h2-3,8,10H,4-7,9H2,1H3,(H,17,19). The largest absolute Gasteiger partial charge is 0.375 e. The molecule has 1 atom stereocenters. The summed E-state index contributed by atoms with van der Waals surface area (Å²) in [6.45, 7) is 3.86. The van der Waals surface area contributed by atoms with E-state index in [4.69, 9.17) is 4.74 Å². The van der Waals surface area contributed by atoms with Crippen LogP contribution in [-0.2, 0) is 11.2 Å². The summed E-state index contributed by atoms with van der Waals surface area (Å²) in [5.74, 6) is -1.18. The predicted molar refractivity (Wildman–Crippen MR) is 70.4 cm³/mol. The van der Waals surface area contributed by atoms with Gasteiger partial charge in [0.2, 0.25) is 0 Å². The molecule has 1 N–H and O–H groups in total. The van der Waals surface area contributed by atoms with Crippen molar-refractivity contribution in [2.75, 3.05) is 26.2 Å². The van der Waals surface area contributed by atoms with Crippen LogP contribution in [0.5, 0.6) is 0 Å². The third-order valence-corrected chi connectivity index (χ3v) is 3.21. The highest BCUT2D eigenvalue weighted by atomic mass is 19.1. The Morgan fingerprint density at radius 1 is 1.50 bits per heavy atom. The maximum Gasteiger partial charge on any atom is 0.317 e. The van der Waals surface area contributed by atoms with Crippen molar-refractivity contribution >= 4 is 6.03 Å². The van der Waals surface area contributed by atoms with Crippen LogP contribution in [0.15, 0.2) is 18.2 Å². The molecule has 6 heteroatoms. The molecular weight excluding hydrogens is 266 g/mol. The molecule has 4 nitrogen and oxygen atoms in total. The quantitative estimate of drug-likeness (QED) is 0.921. The summed E-state index contributed by atoms with van der Waals surface area (Å²) in [5, 5.41) is 2.73. The number of carbonyl (C=O) groups excluding carboxylic acids is 1. The molecule has 0 aromatic heterocycles.